The summed E-state index contributed by atoms with van der Waals surface area (Å²) in [5, 5.41) is 8.08. The Labute approximate surface area is 176 Å². The summed E-state index contributed by atoms with van der Waals surface area (Å²) in [4.78, 5) is 12.3. The molecule has 0 saturated heterocycles. The molecule has 10 heteroatoms. The third-order valence-corrected chi connectivity index (χ3v) is 4.22. The molecule has 0 aliphatic heterocycles. The Morgan fingerprint density at radius 2 is 1.74 bits per heavy atom. The van der Waals surface area contributed by atoms with Gasteiger partial charge in [-0.2, -0.15) is 0 Å². The van der Waals surface area contributed by atoms with Crippen LogP contribution < -0.4 is 20.7 Å². The monoisotopic (exact) mass is 449 g/mol. The quantitative estimate of drug-likeness (QED) is 0.361. The number of methoxy groups -OCH3 is 1. The van der Waals surface area contributed by atoms with Crippen LogP contribution in [0.5, 0.6) is 5.75 Å². The average Bonchev–Trinajstić information content (AvgIpc) is 2.61. The van der Waals surface area contributed by atoms with E-state index >= 15 is 0 Å². The number of thiocarbonyl (C=S) groups is 1. The molecule has 0 heterocycles. The van der Waals surface area contributed by atoms with Gasteiger partial charge in [0.1, 0.15) is 17.7 Å². The third-order valence-electron chi connectivity index (χ3n) is 3.34. The van der Waals surface area contributed by atoms with Crippen LogP contribution in [0.15, 0.2) is 48.5 Å². The second-order valence-corrected chi connectivity index (χ2v) is 8.03. The fourth-order valence-corrected chi connectivity index (χ4v) is 2.59. The molecule has 1 atom stereocenters. The van der Waals surface area contributed by atoms with Gasteiger partial charge in [-0.25, -0.2) is 4.39 Å². The first-order chi connectivity index (χ1) is 12.7. The van der Waals surface area contributed by atoms with Crippen molar-refractivity contribution in [2.45, 2.75) is 9.96 Å². The van der Waals surface area contributed by atoms with Crippen molar-refractivity contribution in [1.29, 1.82) is 0 Å². The number of ether oxygens (including phenoxy) is 1. The maximum Gasteiger partial charge on any atom is 0.255 e. The summed E-state index contributed by atoms with van der Waals surface area (Å²) in [6.07, 6.45) is -1.21. The van der Waals surface area contributed by atoms with Gasteiger partial charge in [-0.3, -0.25) is 4.79 Å². The topological polar surface area (TPSA) is 62.4 Å². The minimum atomic E-state index is -1.95. The summed E-state index contributed by atoms with van der Waals surface area (Å²) in [5.41, 5.74) is 0.462. The van der Waals surface area contributed by atoms with Crippen LogP contribution in [0, 0.1) is 5.82 Å². The van der Waals surface area contributed by atoms with Crippen molar-refractivity contribution < 1.29 is 13.9 Å². The molecule has 3 N–H and O–H groups in total. The average molecular weight is 451 g/mol. The fraction of sp³-hybridized carbons (Fsp3) is 0.176. The van der Waals surface area contributed by atoms with E-state index in [-0.39, 0.29) is 10.7 Å². The molecule has 0 saturated carbocycles. The van der Waals surface area contributed by atoms with Crippen LogP contribution >= 0.6 is 47.0 Å². The van der Waals surface area contributed by atoms with Gasteiger partial charge in [0.2, 0.25) is 3.79 Å². The summed E-state index contributed by atoms with van der Waals surface area (Å²) < 4.78 is 16.9. The van der Waals surface area contributed by atoms with E-state index in [0.29, 0.717) is 11.4 Å². The van der Waals surface area contributed by atoms with E-state index in [1.54, 1.807) is 31.4 Å². The predicted octanol–water partition coefficient (Wildman–Crippen LogP) is 4.25. The lowest BCUT2D eigenvalue weighted by Crippen LogP contribution is -2.56. The minimum absolute atomic E-state index is 0.0883. The van der Waals surface area contributed by atoms with Crippen LogP contribution in [0.25, 0.3) is 0 Å². The number of rotatable bonds is 5. The first kappa shape index (κ1) is 21.5. The normalized spacial score (nSPS) is 12.0. The van der Waals surface area contributed by atoms with E-state index in [1.807, 2.05) is 0 Å². The molecule has 0 radical (unpaired) electrons. The zero-order valence-electron chi connectivity index (χ0n) is 13.9. The van der Waals surface area contributed by atoms with E-state index in [1.165, 1.54) is 18.2 Å². The first-order valence-corrected chi connectivity index (χ1v) is 9.08. The molecule has 2 aromatic rings. The standard InChI is InChI=1S/C17H15Cl3FN3O2S/c1-26-11-8-6-10(7-9-11)22-16(27)24-15(17(18,19)20)23-14(25)12-4-2-3-5-13(12)21/h2-9,15H,1H3,(H,23,25)(H2,22,24,27). The van der Waals surface area contributed by atoms with Gasteiger partial charge in [-0.15, -0.1) is 0 Å². The molecule has 0 aromatic heterocycles. The zero-order chi connectivity index (χ0) is 20.0. The first-order valence-electron chi connectivity index (χ1n) is 7.54. The molecule has 1 unspecified atom stereocenters. The second-order valence-electron chi connectivity index (χ2n) is 5.25. The molecular formula is C17H15Cl3FN3O2S. The summed E-state index contributed by atoms with van der Waals surface area (Å²) >= 11 is 22.9. The molecule has 0 aliphatic rings. The number of carbonyl (C=O) groups excluding carboxylic acids is 1. The number of hydrogen-bond donors (Lipinski definition) is 3. The summed E-state index contributed by atoms with van der Waals surface area (Å²) in [7, 11) is 1.55. The van der Waals surface area contributed by atoms with Crippen molar-refractivity contribution in [1.82, 2.24) is 10.6 Å². The maximum absolute atomic E-state index is 13.8. The molecule has 1 amide bonds. The molecular weight excluding hydrogens is 436 g/mol. The highest BCUT2D eigenvalue weighted by Crippen LogP contribution is 2.29. The summed E-state index contributed by atoms with van der Waals surface area (Å²) in [5.74, 6) is -0.781. The number of anilines is 1. The van der Waals surface area contributed by atoms with Gasteiger partial charge in [0.05, 0.1) is 12.7 Å². The highest BCUT2D eigenvalue weighted by Gasteiger charge is 2.35. The molecule has 144 valence electrons. The van der Waals surface area contributed by atoms with Gasteiger partial charge in [0, 0.05) is 5.69 Å². The lowest BCUT2D eigenvalue weighted by Gasteiger charge is -2.27. The lowest BCUT2D eigenvalue weighted by molar-refractivity contribution is 0.0930. The van der Waals surface area contributed by atoms with Crippen LogP contribution in [0.2, 0.25) is 0 Å². The van der Waals surface area contributed by atoms with E-state index in [2.05, 4.69) is 16.0 Å². The van der Waals surface area contributed by atoms with Gasteiger partial charge in [-0.05, 0) is 48.6 Å². The van der Waals surface area contributed by atoms with E-state index in [9.17, 15) is 9.18 Å². The van der Waals surface area contributed by atoms with Crippen LogP contribution in [-0.4, -0.2) is 28.1 Å². The van der Waals surface area contributed by atoms with E-state index in [4.69, 9.17) is 51.8 Å². The Balaban J connectivity index is 2.06. The number of hydrogen-bond acceptors (Lipinski definition) is 3. The maximum atomic E-state index is 13.8. The van der Waals surface area contributed by atoms with E-state index in [0.717, 1.165) is 6.07 Å². The number of nitrogens with one attached hydrogen (secondary N) is 3. The van der Waals surface area contributed by atoms with Crippen LogP contribution in [-0.2, 0) is 0 Å². The highest BCUT2D eigenvalue weighted by molar-refractivity contribution is 7.80. The van der Waals surface area contributed by atoms with E-state index < -0.39 is 21.7 Å². The molecule has 0 spiro atoms. The van der Waals surface area contributed by atoms with Crippen molar-refractivity contribution in [3.05, 3.63) is 59.9 Å². The third kappa shape index (κ3) is 6.39. The Bertz CT molecular complexity index is 816. The second kappa shape index (κ2) is 9.41. The summed E-state index contributed by atoms with van der Waals surface area (Å²) in [6, 6.07) is 12.4. The molecule has 0 fully saturated rings. The predicted molar refractivity (Wildman–Crippen MR) is 110 cm³/mol. The minimum Gasteiger partial charge on any atom is -0.497 e. The number of benzene rings is 2. The highest BCUT2D eigenvalue weighted by atomic mass is 35.6. The van der Waals surface area contributed by atoms with Gasteiger partial charge in [0.15, 0.2) is 5.11 Å². The molecule has 0 aliphatic carbocycles. The molecule has 2 rings (SSSR count). The number of halogens is 4. The Hall–Kier alpha value is -1.80. The van der Waals surface area contributed by atoms with Crippen molar-refractivity contribution in [2.24, 2.45) is 0 Å². The van der Waals surface area contributed by atoms with Gasteiger partial charge in [-0.1, -0.05) is 46.9 Å². The van der Waals surface area contributed by atoms with Gasteiger partial charge < -0.3 is 20.7 Å². The lowest BCUT2D eigenvalue weighted by atomic mass is 10.2. The van der Waals surface area contributed by atoms with Gasteiger partial charge in [0.25, 0.3) is 5.91 Å². The fourth-order valence-electron chi connectivity index (χ4n) is 2.03. The Morgan fingerprint density at radius 3 is 2.30 bits per heavy atom. The largest absolute Gasteiger partial charge is 0.497 e. The summed E-state index contributed by atoms with van der Waals surface area (Å²) in [6.45, 7) is 0. The van der Waals surface area contributed by atoms with Crippen LogP contribution in [0.3, 0.4) is 0 Å². The van der Waals surface area contributed by atoms with Crippen LogP contribution in [0.4, 0.5) is 10.1 Å². The molecule has 27 heavy (non-hydrogen) atoms. The van der Waals surface area contributed by atoms with Crippen molar-refractivity contribution >= 4 is 63.7 Å². The zero-order valence-corrected chi connectivity index (χ0v) is 17.0. The van der Waals surface area contributed by atoms with Gasteiger partial charge >= 0.3 is 0 Å². The SMILES string of the molecule is COc1ccc(NC(=S)NC(NC(=O)c2ccccc2F)C(Cl)(Cl)Cl)cc1. The van der Waals surface area contributed by atoms with Crippen LogP contribution in [0.1, 0.15) is 10.4 Å². The van der Waals surface area contributed by atoms with Crippen molar-refractivity contribution in [3.63, 3.8) is 0 Å². The number of carbonyl (C=O) groups is 1. The molecule has 5 nitrogen and oxygen atoms in total. The molecule has 0 bridgehead atoms. The number of amides is 1. The Morgan fingerprint density at radius 1 is 1.11 bits per heavy atom. The smallest absolute Gasteiger partial charge is 0.255 e. The Kier molecular flexibility index (Phi) is 7.49. The van der Waals surface area contributed by atoms with Crippen molar-refractivity contribution in [2.75, 3.05) is 12.4 Å². The molecule has 2 aromatic carbocycles. The van der Waals surface area contributed by atoms with Crippen molar-refractivity contribution in [3.8, 4) is 5.75 Å². The number of alkyl halides is 3.